The molecule has 1 heterocycles. The van der Waals surface area contributed by atoms with Gasteiger partial charge in [0.05, 0.1) is 6.57 Å². The van der Waals surface area contributed by atoms with Crippen molar-refractivity contribution in [2.45, 2.75) is 52.4 Å². The second-order valence-electron chi connectivity index (χ2n) is 5.75. The van der Waals surface area contributed by atoms with Gasteiger partial charge in [0.15, 0.2) is 0 Å². The first kappa shape index (κ1) is 19.6. The van der Waals surface area contributed by atoms with Crippen LogP contribution in [0.3, 0.4) is 0 Å². The first-order valence-corrected chi connectivity index (χ1v) is 7.97. The van der Waals surface area contributed by atoms with Crippen LogP contribution in [0.5, 0.6) is 0 Å². The van der Waals surface area contributed by atoms with Gasteiger partial charge in [0.25, 0.3) is 0 Å². The maximum absolute atomic E-state index is 7.27. The van der Waals surface area contributed by atoms with Crippen molar-refractivity contribution in [2.75, 3.05) is 0 Å². The predicted molar refractivity (Wildman–Crippen MR) is 92.1 cm³/mol. The van der Waals surface area contributed by atoms with Gasteiger partial charge in [-0.15, -0.1) is 23.3 Å². The number of rotatable bonds is 5. The fourth-order valence-corrected chi connectivity index (χ4v) is 3.21. The third-order valence-corrected chi connectivity index (χ3v) is 5.01. The van der Waals surface area contributed by atoms with Crippen molar-refractivity contribution in [1.82, 2.24) is 4.98 Å². The summed E-state index contributed by atoms with van der Waals surface area (Å²) < 4.78 is 0. The maximum atomic E-state index is 7.27. The van der Waals surface area contributed by atoms with Crippen LogP contribution < -0.4 is 0 Å². The van der Waals surface area contributed by atoms with Crippen LogP contribution in [0.1, 0.15) is 51.2 Å². The molecule has 0 aliphatic rings. The summed E-state index contributed by atoms with van der Waals surface area (Å²) in [5, 5.41) is 0. The van der Waals surface area contributed by atoms with Gasteiger partial charge in [-0.25, -0.2) is 0 Å². The Morgan fingerprint density at radius 1 is 1.17 bits per heavy atom. The van der Waals surface area contributed by atoms with Gasteiger partial charge in [0.1, 0.15) is 5.69 Å². The summed E-state index contributed by atoms with van der Waals surface area (Å²) in [7, 11) is 0. The molecule has 2 nitrogen and oxygen atoms in total. The Kier molecular flexibility index (Phi) is 7.13. The SMILES string of the molecule is [C-]#[N+]c1cc[c-]c(-c2cc(C(CC)(CC)CC)ccn2)c1C.[Ir]. The van der Waals surface area contributed by atoms with Gasteiger partial charge in [0.2, 0.25) is 0 Å². The molecule has 3 heteroatoms. The largest absolute Gasteiger partial charge is 0.305 e. The van der Waals surface area contributed by atoms with Crippen LogP contribution in [-0.4, -0.2) is 4.98 Å². The summed E-state index contributed by atoms with van der Waals surface area (Å²) in [6, 6.07) is 11.2. The molecule has 0 amide bonds. The number of hydrogen-bond acceptors (Lipinski definition) is 1. The van der Waals surface area contributed by atoms with Crippen LogP contribution in [-0.2, 0) is 25.5 Å². The maximum Gasteiger partial charge on any atom is 0.111 e. The first-order chi connectivity index (χ1) is 10.6. The monoisotopic (exact) mass is 484 g/mol. The van der Waals surface area contributed by atoms with Crippen molar-refractivity contribution in [3.05, 3.63) is 59.1 Å². The van der Waals surface area contributed by atoms with Gasteiger partial charge < -0.3 is 4.98 Å². The molecule has 0 aliphatic carbocycles. The van der Waals surface area contributed by atoms with Crippen LogP contribution in [0.4, 0.5) is 5.69 Å². The minimum absolute atomic E-state index is 0. The van der Waals surface area contributed by atoms with E-state index in [4.69, 9.17) is 6.57 Å². The molecule has 0 saturated carbocycles. The molecule has 0 N–H and O–H groups in total. The molecule has 0 aliphatic heterocycles. The van der Waals surface area contributed by atoms with E-state index in [0.29, 0.717) is 5.69 Å². The van der Waals surface area contributed by atoms with Gasteiger partial charge in [0, 0.05) is 26.3 Å². The fourth-order valence-electron chi connectivity index (χ4n) is 3.21. The minimum atomic E-state index is 0. The van der Waals surface area contributed by atoms with E-state index in [9.17, 15) is 0 Å². The fraction of sp³-hybridized carbons (Fsp3) is 0.400. The summed E-state index contributed by atoms with van der Waals surface area (Å²) in [6.45, 7) is 16.0. The number of hydrogen-bond donors (Lipinski definition) is 0. The van der Waals surface area contributed by atoms with Crippen LogP contribution in [0.2, 0.25) is 0 Å². The molecular weight excluding hydrogens is 460 g/mol. The van der Waals surface area contributed by atoms with E-state index in [0.717, 1.165) is 36.1 Å². The number of nitrogens with zero attached hydrogens (tertiary/aromatic N) is 2. The number of pyridine rings is 1. The third-order valence-electron chi connectivity index (χ3n) is 5.01. The van der Waals surface area contributed by atoms with Gasteiger partial charge in [-0.1, -0.05) is 33.8 Å². The second-order valence-corrected chi connectivity index (χ2v) is 5.75. The third kappa shape index (κ3) is 3.71. The molecule has 1 aromatic carbocycles. The molecular formula is C20H23IrN2-. The molecule has 0 saturated heterocycles. The summed E-state index contributed by atoms with van der Waals surface area (Å²) in [5.74, 6) is 0. The topological polar surface area (TPSA) is 17.2 Å². The summed E-state index contributed by atoms with van der Waals surface area (Å²) in [6.07, 6.45) is 5.24. The molecule has 23 heavy (non-hydrogen) atoms. The molecule has 0 unspecified atom stereocenters. The van der Waals surface area contributed by atoms with Crippen molar-refractivity contribution in [3.8, 4) is 11.3 Å². The van der Waals surface area contributed by atoms with Crippen molar-refractivity contribution < 1.29 is 20.1 Å². The molecule has 0 spiro atoms. The Hall–Kier alpha value is -1.49. The van der Waals surface area contributed by atoms with E-state index in [1.54, 1.807) is 0 Å². The molecule has 0 fully saturated rings. The molecule has 2 rings (SSSR count). The Bertz CT molecular complexity index is 689. The van der Waals surface area contributed by atoms with Crippen molar-refractivity contribution in [3.63, 3.8) is 0 Å². The Morgan fingerprint density at radius 2 is 1.83 bits per heavy atom. The van der Waals surface area contributed by atoms with Crippen molar-refractivity contribution in [1.29, 1.82) is 0 Å². The van der Waals surface area contributed by atoms with Gasteiger partial charge in [-0.2, -0.15) is 6.07 Å². The van der Waals surface area contributed by atoms with E-state index in [-0.39, 0.29) is 25.5 Å². The van der Waals surface area contributed by atoms with Crippen LogP contribution in [0.25, 0.3) is 16.1 Å². The van der Waals surface area contributed by atoms with Gasteiger partial charge >= 0.3 is 0 Å². The van der Waals surface area contributed by atoms with E-state index in [2.05, 4.69) is 48.8 Å². The zero-order valence-electron chi connectivity index (χ0n) is 14.2. The summed E-state index contributed by atoms with van der Waals surface area (Å²) in [5.41, 5.74) is 5.04. The molecule has 0 atom stereocenters. The molecule has 0 bridgehead atoms. The smallest absolute Gasteiger partial charge is 0.111 e. The van der Waals surface area contributed by atoms with Crippen LogP contribution in [0.15, 0.2) is 30.5 Å². The zero-order valence-corrected chi connectivity index (χ0v) is 16.6. The Morgan fingerprint density at radius 3 is 2.39 bits per heavy atom. The molecule has 1 radical (unpaired) electrons. The summed E-state index contributed by atoms with van der Waals surface area (Å²) in [4.78, 5) is 8.11. The Labute approximate surface area is 153 Å². The normalized spacial score (nSPS) is 10.7. The van der Waals surface area contributed by atoms with Crippen molar-refractivity contribution >= 4 is 5.69 Å². The number of aromatic nitrogens is 1. The predicted octanol–water partition coefficient (Wildman–Crippen LogP) is 5.87. The number of benzene rings is 1. The van der Waals surface area contributed by atoms with Gasteiger partial charge in [-0.3, -0.25) is 4.85 Å². The second kappa shape index (κ2) is 8.39. The average Bonchev–Trinajstić information content (AvgIpc) is 2.57. The summed E-state index contributed by atoms with van der Waals surface area (Å²) >= 11 is 0. The first-order valence-electron chi connectivity index (χ1n) is 7.97. The van der Waals surface area contributed by atoms with E-state index in [1.165, 1.54) is 5.56 Å². The zero-order chi connectivity index (χ0) is 16.2. The van der Waals surface area contributed by atoms with Crippen LogP contribution >= 0.6 is 0 Å². The molecule has 123 valence electrons. The quantitative estimate of drug-likeness (QED) is 0.486. The van der Waals surface area contributed by atoms with E-state index >= 15 is 0 Å². The van der Waals surface area contributed by atoms with E-state index in [1.807, 2.05) is 25.3 Å². The standard InChI is InChI=1S/C20H23N2.Ir/c1-6-20(7-2,8-3)16-12-13-22-19(14-16)17-10-9-11-18(21-5)15(17)4;/h9,11-14H,6-8H2,1-4H3;/q-1;. The van der Waals surface area contributed by atoms with E-state index < -0.39 is 0 Å². The molecule has 1 aromatic heterocycles. The van der Waals surface area contributed by atoms with Crippen molar-refractivity contribution in [2.24, 2.45) is 0 Å². The van der Waals surface area contributed by atoms with Gasteiger partial charge in [-0.05, 0) is 42.0 Å². The molecule has 2 aromatic rings. The Balaban J connectivity index is 0.00000264. The minimum Gasteiger partial charge on any atom is -0.305 e. The van der Waals surface area contributed by atoms with Crippen LogP contribution in [0, 0.1) is 19.6 Å². The average molecular weight is 484 g/mol.